The average molecular weight is 602 g/mol. The first-order valence-corrected chi connectivity index (χ1v) is 15.6. The highest BCUT2D eigenvalue weighted by molar-refractivity contribution is 7.22. The van der Waals surface area contributed by atoms with Crippen LogP contribution in [0.2, 0.25) is 0 Å². The number of aromatic nitrogens is 3. The van der Waals surface area contributed by atoms with Crippen molar-refractivity contribution in [3.63, 3.8) is 0 Å². The molecule has 0 saturated heterocycles. The molecule has 5 aliphatic rings. The normalized spacial score (nSPS) is 30.2. The topological polar surface area (TPSA) is 100 Å². The number of thiazole rings is 1. The average Bonchev–Trinajstić information content (AvgIpc) is 3.47. The van der Waals surface area contributed by atoms with Gasteiger partial charge in [0, 0.05) is 42.0 Å². The van der Waals surface area contributed by atoms with Crippen LogP contribution in [0.1, 0.15) is 63.6 Å². The first-order chi connectivity index (χ1) is 20.1. The number of hydrogen-bond acceptors (Lipinski definition) is 8. The Morgan fingerprint density at radius 3 is 2.55 bits per heavy atom. The van der Waals surface area contributed by atoms with E-state index in [1.165, 1.54) is 11.3 Å². The summed E-state index contributed by atoms with van der Waals surface area (Å²) in [5.74, 6) is 0.915. The Hall–Kier alpha value is -2.67. The van der Waals surface area contributed by atoms with Crippen LogP contribution in [0.3, 0.4) is 0 Å². The van der Waals surface area contributed by atoms with Crippen LogP contribution in [0.15, 0.2) is 30.6 Å². The molecule has 12 heteroatoms. The van der Waals surface area contributed by atoms with E-state index < -0.39 is 18.7 Å². The van der Waals surface area contributed by atoms with Crippen molar-refractivity contribution >= 4 is 32.6 Å². The lowest BCUT2D eigenvalue weighted by atomic mass is 9.48. The van der Waals surface area contributed by atoms with E-state index >= 15 is 0 Å². The largest absolute Gasteiger partial charge is 0.390 e. The fourth-order valence-corrected chi connectivity index (χ4v) is 8.03. The van der Waals surface area contributed by atoms with Gasteiger partial charge in [-0.25, -0.2) is 15.0 Å². The zero-order valence-electron chi connectivity index (χ0n) is 23.1. The molecule has 1 amide bonds. The Morgan fingerprint density at radius 1 is 1.14 bits per heavy atom. The third-order valence-electron chi connectivity index (χ3n) is 9.68. The van der Waals surface area contributed by atoms with Crippen LogP contribution in [-0.4, -0.2) is 67.4 Å². The highest BCUT2D eigenvalue weighted by atomic mass is 32.1. The minimum absolute atomic E-state index is 0.0293. The summed E-state index contributed by atoms with van der Waals surface area (Å²) in [6.45, 7) is 0.287. The summed E-state index contributed by atoms with van der Waals surface area (Å²) in [6.07, 6.45) is 4.74. The first kappa shape index (κ1) is 28.1. The minimum Gasteiger partial charge on any atom is -0.390 e. The van der Waals surface area contributed by atoms with Crippen LogP contribution < -0.4 is 5.32 Å². The van der Waals surface area contributed by atoms with Crippen molar-refractivity contribution in [2.75, 3.05) is 11.9 Å². The molecule has 2 aromatic heterocycles. The van der Waals surface area contributed by atoms with Crippen molar-refractivity contribution in [2.24, 2.45) is 11.8 Å². The Kier molecular flexibility index (Phi) is 7.23. The molecular weight excluding hydrogens is 567 g/mol. The molecule has 0 spiro atoms. The van der Waals surface area contributed by atoms with Crippen LogP contribution in [0, 0.1) is 11.8 Å². The third-order valence-corrected chi connectivity index (χ3v) is 10.6. The molecule has 2 N–H and O–H groups in total. The zero-order chi connectivity index (χ0) is 29.1. The van der Waals surface area contributed by atoms with Crippen molar-refractivity contribution in [2.45, 2.75) is 94.4 Å². The number of anilines is 1. The van der Waals surface area contributed by atoms with E-state index in [9.17, 15) is 23.1 Å². The van der Waals surface area contributed by atoms with Gasteiger partial charge in [0.2, 0.25) is 5.91 Å². The van der Waals surface area contributed by atoms with E-state index in [4.69, 9.17) is 4.74 Å². The number of nitrogens with zero attached hydrogens (tertiary/aromatic N) is 4. The molecule has 2 atom stereocenters. The van der Waals surface area contributed by atoms with Gasteiger partial charge in [-0.15, -0.1) is 0 Å². The predicted octanol–water partition coefficient (Wildman–Crippen LogP) is 5.71. The Bertz CT molecular complexity index is 1440. The third kappa shape index (κ3) is 5.54. The fraction of sp³-hybridized carbons (Fsp3) is 0.600. The molecule has 42 heavy (non-hydrogen) atoms. The lowest BCUT2D eigenvalue weighted by Gasteiger charge is -2.69. The molecule has 5 aliphatic carbocycles. The maximum absolute atomic E-state index is 13.0. The van der Waals surface area contributed by atoms with E-state index in [2.05, 4.69) is 25.2 Å². The summed E-state index contributed by atoms with van der Waals surface area (Å²) in [5.41, 5.74) is 2.50. The lowest BCUT2D eigenvalue weighted by Crippen LogP contribution is -2.72. The van der Waals surface area contributed by atoms with Crippen molar-refractivity contribution in [3.8, 4) is 11.1 Å². The molecule has 2 bridgehead atoms. The van der Waals surface area contributed by atoms with Crippen LogP contribution in [-0.2, 0) is 16.1 Å². The van der Waals surface area contributed by atoms with Crippen molar-refractivity contribution in [3.05, 3.63) is 36.4 Å². The Balaban J connectivity index is 0.945. The SMILES string of the molecule is O=C(Nc1nc2ccc(-c3cnc(CO[C@H]4CCC[C@@H]4O)nc3)cc2s1)C1CC(N(CCC(F)(F)F)C23CC(C2)C3)C1. The minimum atomic E-state index is -4.17. The maximum Gasteiger partial charge on any atom is 0.390 e. The highest BCUT2D eigenvalue weighted by Gasteiger charge is 2.62. The molecule has 2 heterocycles. The van der Waals surface area contributed by atoms with Gasteiger partial charge < -0.3 is 15.2 Å². The Labute approximate surface area is 245 Å². The first-order valence-electron chi connectivity index (χ1n) is 14.8. The lowest BCUT2D eigenvalue weighted by molar-refractivity contribution is -0.195. The smallest absolute Gasteiger partial charge is 0.390 e. The number of carbonyl (C=O) groups excluding carboxylic acids is 1. The van der Waals surface area contributed by atoms with Gasteiger partial charge in [-0.3, -0.25) is 9.69 Å². The van der Waals surface area contributed by atoms with E-state index in [0.29, 0.717) is 29.7 Å². The maximum atomic E-state index is 13.0. The monoisotopic (exact) mass is 601 g/mol. The zero-order valence-corrected chi connectivity index (χ0v) is 24.0. The molecule has 1 aromatic carbocycles. The fourth-order valence-electron chi connectivity index (χ4n) is 7.12. The summed E-state index contributed by atoms with van der Waals surface area (Å²) in [5, 5.41) is 13.4. The van der Waals surface area contributed by atoms with Gasteiger partial charge in [0.1, 0.15) is 6.61 Å². The number of amides is 1. The molecule has 3 aromatic rings. The Morgan fingerprint density at radius 2 is 1.90 bits per heavy atom. The molecule has 5 fully saturated rings. The second kappa shape index (κ2) is 10.8. The summed E-state index contributed by atoms with van der Waals surface area (Å²) < 4.78 is 45.6. The number of alkyl halides is 3. The van der Waals surface area contributed by atoms with Gasteiger partial charge >= 0.3 is 6.18 Å². The van der Waals surface area contributed by atoms with E-state index in [1.54, 1.807) is 12.4 Å². The molecule has 0 unspecified atom stereocenters. The van der Waals surface area contributed by atoms with Crippen molar-refractivity contribution in [1.29, 1.82) is 0 Å². The van der Waals surface area contributed by atoms with Gasteiger partial charge in [-0.05, 0) is 75.0 Å². The number of hydrogen-bond donors (Lipinski definition) is 2. The molecular formula is C30H34F3N5O3S. The van der Waals surface area contributed by atoms with Crippen molar-refractivity contribution in [1.82, 2.24) is 19.9 Å². The standard InChI is InChI=1S/C30H34F3N5O3S/c31-30(32,33)6-7-38(29-11-17(12-29)13-29)21-8-19(9-21)27(40)37-28-36-22-5-4-18(10-25(22)42-28)20-14-34-26(35-15-20)16-41-24-3-1-2-23(24)39/h4-5,10,14-15,17,19,21,23-24,39H,1-3,6-9,11-13,16H2,(H,36,37,40)/t17?,19?,21?,23-,24-,29?/m0/s1. The number of rotatable bonds is 10. The predicted molar refractivity (Wildman–Crippen MR) is 152 cm³/mol. The number of ether oxygens (including phenoxy) is 1. The second-order valence-corrected chi connectivity index (χ2v) is 13.5. The van der Waals surface area contributed by atoms with Gasteiger partial charge in [0.25, 0.3) is 0 Å². The van der Waals surface area contributed by atoms with Crippen molar-refractivity contribution < 1.29 is 27.8 Å². The van der Waals surface area contributed by atoms with Gasteiger partial charge in [-0.2, -0.15) is 13.2 Å². The number of aliphatic hydroxyl groups excluding tert-OH is 1. The second-order valence-electron chi connectivity index (χ2n) is 12.5. The van der Waals surface area contributed by atoms with Crippen LogP contribution in [0.25, 0.3) is 21.3 Å². The van der Waals surface area contributed by atoms with Crippen LogP contribution in [0.4, 0.5) is 18.3 Å². The van der Waals surface area contributed by atoms with Crippen LogP contribution >= 0.6 is 11.3 Å². The van der Waals surface area contributed by atoms with E-state index in [0.717, 1.165) is 59.9 Å². The molecule has 0 aliphatic heterocycles. The van der Waals surface area contributed by atoms with E-state index in [-0.39, 0.29) is 42.7 Å². The number of benzene rings is 1. The summed E-state index contributed by atoms with van der Waals surface area (Å²) >= 11 is 1.39. The van der Waals surface area contributed by atoms with Crippen LogP contribution in [0.5, 0.6) is 0 Å². The molecule has 8 rings (SSSR count). The van der Waals surface area contributed by atoms with Gasteiger partial charge in [0.05, 0.1) is 28.8 Å². The quantitative estimate of drug-likeness (QED) is 0.307. The van der Waals surface area contributed by atoms with Gasteiger partial charge in [0.15, 0.2) is 11.0 Å². The summed E-state index contributed by atoms with van der Waals surface area (Å²) in [4.78, 5) is 28.5. The number of fused-ring (bicyclic) bond motifs is 1. The number of aliphatic hydroxyl groups is 1. The number of nitrogens with one attached hydrogen (secondary N) is 1. The molecule has 8 nitrogen and oxygen atoms in total. The van der Waals surface area contributed by atoms with E-state index in [1.807, 2.05) is 18.2 Å². The summed E-state index contributed by atoms with van der Waals surface area (Å²) in [6, 6.07) is 5.87. The molecule has 224 valence electrons. The molecule has 0 radical (unpaired) electrons. The number of halogens is 3. The number of carbonyl (C=O) groups is 1. The highest BCUT2D eigenvalue weighted by Crippen LogP contribution is 2.62. The molecule has 5 saturated carbocycles. The summed E-state index contributed by atoms with van der Waals surface area (Å²) in [7, 11) is 0. The van der Waals surface area contributed by atoms with Gasteiger partial charge in [-0.1, -0.05) is 17.4 Å².